The standard InChI is InChI=1S/C15H20BrNO2/c1-4-17-11(3)10(2)7-12-8-13(16)15-14(9-12)18-5-6-19-15/h7-9,11,17H,4-6H2,1-3H3/b10-7+. The molecule has 0 spiro atoms. The number of halogens is 1. The Morgan fingerprint density at radius 1 is 1.42 bits per heavy atom. The fourth-order valence-corrected chi connectivity index (χ4v) is 2.64. The minimum atomic E-state index is 0.372. The highest BCUT2D eigenvalue weighted by Gasteiger charge is 2.16. The third-order valence-corrected chi connectivity index (χ3v) is 3.80. The summed E-state index contributed by atoms with van der Waals surface area (Å²) < 4.78 is 12.2. The molecule has 1 heterocycles. The zero-order chi connectivity index (χ0) is 13.8. The summed E-state index contributed by atoms with van der Waals surface area (Å²) in [4.78, 5) is 0. The summed E-state index contributed by atoms with van der Waals surface area (Å²) in [5.74, 6) is 1.62. The lowest BCUT2D eigenvalue weighted by Crippen LogP contribution is -2.26. The van der Waals surface area contributed by atoms with Gasteiger partial charge in [-0.25, -0.2) is 0 Å². The first kappa shape index (κ1) is 14.4. The number of fused-ring (bicyclic) bond motifs is 1. The first-order valence-corrected chi connectivity index (χ1v) is 7.41. The summed E-state index contributed by atoms with van der Waals surface area (Å²) >= 11 is 3.54. The first-order valence-electron chi connectivity index (χ1n) is 6.62. The minimum absolute atomic E-state index is 0.372. The summed E-state index contributed by atoms with van der Waals surface area (Å²) in [5.41, 5.74) is 2.42. The van der Waals surface area contributed by atoms with E-state index in [0.717, 1.165) is 28.1 Å². The fraction of sp³-hybridized carbons (Fsp3) is 0.467. The second kappa shape index (κ2) is 6.44. The van der Waals surface area contributed by atoms with Crippen molar-refractivity contribution in [3.05, 3.63) is 27.7 Å². The highest BCUT2D eigenvalue weighted by atomic mass is 79.9. The summed E-state index contributed by atoms with van der Waals surface area (Å²) in [6.07, 6.45) is 2.18. The van der Waals surface area contributed by atoms with Crippen molar-refractivity contribution >= 4 is 22.0 Å². The van der Waals surface area contributed by atoms with Gasteiger partial charge in [-0.1, -0.05) is 18.6 Å². The molecule has 0 aromatic heterocycles. The van der Waals surface area contributed by atoms with Crippen LogP contribution in [0.15, 0.2) is 22.2 Å². The van der Waals surface area contributed by atoms with Crippen LogP contribution in [0, 0.1) is 0 Å². The molecule has 4 heteroatoms. The van der Waals surface area contributed by atoms with E-state index in [1.54, 1.807) is 0 Å². The zero-order valence-electron chi connectivity index (χ0n) is 11.6. The summed E-state index contributed by atoms with van der Waals surface area (Å²) in [6, 6.07) is 4.47. The van der Waals surface area contributed by atoms with Gasteiger partial charge in [0.05, 0.1) is 4.47 Å². The Hall–Kier alpha value is -1.00. The molecule has 1 atom stereocenters. The number of rotatable bonds is 4. The quantitative estimate of drug-likeness (QED) is 0.917. The smallest absolute Gasteiger partial charge is 0.175 e. The predicted octanol–water partition coefficient (Wildman–Crippen LogP) is 3.62. The second-order valence-electron chi connectivity index (χ2n) is 4.69. The van der Waals surface area contributed by atoms with Crippen LogP contribution in [0.2, 0.25) is 0 Å². The van der Waals surface area contributed by atoms with Crippen molar-refractivity contribution in [1.29, 1.82) is 0 Å². The Labute approximate surface area is 123 Å². The zero-order valence-corrected chi connectivity index (χ0v) is 13.2. The monoisotopic (exact) mass is 325 g/mol. The molecule has 1 N–H and O–H groups in total. The molecule has 104 valence electrons. The molecule has 1 unspecified atom stereocenters. The lowest BCUT2D eigenvalue weighted by molar-refractivity contribution is 0.170. The Morgan fingerprint density at radius 2 is 2.16 bits per heavy atom. The van der Waals surface area contributed by atoms with E-state index in [-0.39, 0.29) is 0 Å². The molecule has 1 aliphatic heterocycles. The summed E-state index contributed by atoms with van der Waals surface area (Å²) in [6.45, 7) is 8.61. The van der Waals surface area contributed by atoms with E-state index in [0.29, 0.717) is 19.3 Å². The van der Waals surface area contributed by atoms with Crippen LogP contribution in [0.25, 0.3) is 6.08 Å². The fourth-order valence-electron chi connectivity index (χ4n) is 2.07. The minimum Gasteiger partial charge on any atom is -0.486 e. The molecular weight excluding hydrogens is 306 g/mol. The predicted molar refractivity (Wildman–Crippen MR) is 81.9 cm³/mol. The Morgan fingerprint density at radius 3 is 2.89 bits per heavy atom. The molecule has 0 aliphatic carbocycles. The largest absolute Gasteiger partial charge is 0.486 e. The number of likely N-dealkylation sites (N-methyl/N-ethyl adjacent to an activating group) is 1. The lowest BCUT2D eigenvalue weighted by Gasteiger charge is -2.20. The maximum atomic E-state index is 5.63. The number of hydrogen-bond acceptors (Lipinski definition) is 3. The molecule has 19 heavy (non-hydrogen) atoms. The van der Waals surface area contributed by atoms with Crippen molar-refractivity contribution in [2.24, 2.45) is 0 Å². The molecule has 3 nitrogen and oxygen atoms in total. The number of ether oxygens (including phenoxy) is 2. The van der Waals surface area contributed by atoms with Gasteiger partial charge in [0, 0.05) is 6.04 Å². The SMILES string of the molecule is CCNC(C)/C(C)=C/c1cc(Br)c2c(c1)OCCO2. The van der Waals surface area contributed by atoms with E-state index in [1.165, 1.54) is 5.57 Å². The van der Waals surface area contributed by atoms with Crippen LogP contribution in [0.3, 0.4) is 0 Å². The van der Waals surface area contributed by atoms with Crippen LogP contribution in [0.4, 0.5) is 0 Å². The first-order chi connectivity index (χ1) is 9.11. The normalized spacial score (nSPS) is 16.3. The highest BCUT2D eigenvalue weighted by molar-refractivity contribution is 9.10. The number of nitrogens with one attached hydrogen (secondary N) is 1. The van der Waals surface area contributed by atoms with Gasteiger partial charge >= 0.3 is 0 Å². The van der Waals surface area contributed by atoms with Crippen LogP contribution in [-0.4, -0.2) is 25.8 Å². The molecular formula is C15H20BrNO2. The summed E-state index contributed by atoms with van der Waals surface area (Å²) in [5, 5.41) is 3.41. The Bertz CT molecular complexity index is 485. The van der Waals surface area contributed by atoms with Gasteiger partial charge in [-0.05, 0) is 54.0 Å². The van der Waals surface area contributed by atoms with Crippen molar-refractivity contribution in [3.8, 4) is 11.5 Å². The number of hydrogen-bond donors (Lipinski definition) is 1. The van der Waals surface area contributed by atoms with Crippen LogP contribution in [-0.2, 0) is 0 Å². The molecule has 2 rings (SSSR count). The molecule has 0 saturated carbocycles. The third kappa shape index (κ3) is 3.51. The van der Waals surface area contributed by atoms with E-state index in [2.05, 4.69) is 54.2 Å². The Kier molecular flexibility index (Phi) is 4.88. The van der Waals surface area contributed by atoms with Gasteiger partial charge < -0.3 is 14.8 Å². The molecule has 0 amide bonds. The van der Waals surface area contributed by atoms with Gasteiger partial charge in [0.15, 0.2) is 11.5 Å². The molecule has 1 aromatic carbocycles. The van der Waals surface area contributed by atoms with E-state index in [1.807, 2.05) is 6.07 Å². The second-order valence-corrected chi connectivity index (χ2v) is 5.55. The van der Waals surface area contributed by atoms with E-state index in [9.17, 15) is 0 Å². The van der Waals surface area contributed by atoms with Crippen molar-refractivity contribution < 1.29 is 9.47 Å². The average Bonchev–Trinajstić information content (AvgIpc) is 2.39. The summed E-state index contributed by atoms with van der Waals surface area (Å²) in [7, 11) is 0. The molecule has 1 aromatic rings. The van der Waals surface area contributed by atoms with E-state index in [4.69, 9.17) is 9.47 Å². The highest BCUT2D eigenvalue weighted by Crippen LogP contribution is 2.39. The molecule has 1 aliphatic rings. The lowest BCUT2D eigenvalue weighted by atomic mass is 10.1. The van der Waals surface area contributed by atoms with Crippen LogP contribution in [0.1, 0.15) is 26.3 Å². The van der Waals surface area contributed by atoms with Crippen molar-refractivity contribution in [2.45, 2.75) is 26.8 Å². The van der Waals surface area contributed by atoms with Gasteiger partial charge in [0.25, 0.3) is 0 Å². The molecule has 0 saturated heterocycles. The maximum Gasteiger partial charge on any atom is 0.175 e. The van der Waals surface area contributed by atoms with Gasteiger partial charge in [-0.2, -0.15) is 0 Å². The van der Waals surface area contributed by atoms with Crippen LogP contribution in [0.5, 0.6) is 11.5 Å². The van der Waals surface area contributed by atoms with E-state index >= 15 is 0 Å². The van der Waals surface area contributed by atoms with Crippen molar-refractivity contribution in [3.63, 3.8) is 0 Å². The van der Waals surface area contributed by atoms with Gasteiger partial charge in [0.2, 0.25) is 0 Å². The van der Waals surface area contributed by atoms with Gasteiger partial charge in [0.1, 0.15) is 13.2 Å². The van der Waals surface area contributed by atoms with E-state index < -0.39 is 0 Å². The topological polar surface area (TPSA) is 30.5 Å². The molecule has 0 bridgehead atoms. The molecule has 0 fully saturated rings. The number of benzene rings is 1. The van der Waals surface area contributed by atoms with Crippen LogP contribution < -0.4 is 14.8 Å². The maximum absolute atomic E-state index is 5.63. The Balaban J connectivity index is 2.26. The van der Waals surface area contributed by atoms with Gasteiger partial charge in [-0.15, -0.1) is 0 Å². The molecule has 0 radical (unpaired) electrons. The van der Waals surface area contributed by atoms with Gasteiger partial charge in [-0.3, -0.25) is 0 Å². The third-order valence-electron chi connectivity index (χ3n) is 3.21. The van der Waals surface area contributed by atoms with Crippen molar-refractivity contribution in [1.82, 2.24) is 5.32 Å². The van der Waals surface area contributed by atoms with Crippen LogP contribution >= 0.6 is 15.9 Å². The average molecular weight is 326 g/mol. The van der Waals surface area contributed by atoms with Crippen molar-refractivity contribution in [2.75, 3.05) is 19.8 Å².